The first-order valence-electron chi connectivity index (χ1n) is 5.00. The Kier molecular flexibility index (Phi) is 5.79. The first-order chi connectivity index (χ1) is 7.56. The normalized spacial score (nSPS) is 14.0. The molecule has 3 nitrogen and oxygen atoms in total. The monoisotopic (exact) mass is 283 g/mol. The van der Waals surface area contributed by atoms with Gasteiger partial charge in [-0.15, -0.1) is 0 Å². The first-order valence-corrected chi connectivity index (χ1v) is 6.48. The molecule has 0 aliphatic rings. The van der Waals surface area contributed by atoms with Crippen molar-refractivity contribution in [1.29, 1.82) is 0 Å². The fourth-order valence-electron chi connectivity index (χ4n) is 1.00. The summed E-state index contributed by atoms with van der Waals surface area (Å²) in [6, 6.07) is 0. The van der Waals surface area contributed by atoms with Crippen molar-refractivity contribution in [2.24, 2.45) is 0 Å². The van der Waals surface area contributed by atoms with E-state index in [0.717, 1.165) is 12.8 Å². The molecule has 0 radical (unpaired) electrons. The summed E-state index contributed by atoms with van der Waals surface area (Å²) < 4.78 is 83.2. The third-order valence-electron chi connectivity index (χ3n) is 1.99. The minimum absolute atomic E-state index is 0.223. The molecule has 17 heavy (non-hydrogen) atoms. The Balaban J connectivity index is 4.39. The maximum Gasteiger partial charge on any atom is 0.470 e. The highest BCUT2D eigenvalue weighted by molar-refractivity contribution is 7.90. The fraction of sp³-hybridized carbons (Fsp3) is 1.00. The quantitative estimate of drug-likeness (QED) is 0.576. The highest BCUT2D eigenvalue weighted by atomic mass is 32.2. The van der Waals surface area contributed by atoms with Crippen LogP contribution in [0.5, 0.6) is 0 Å². The summed E-state index contributed by atoms with van der Waals surface area (Å²) in [5, 5.41) is -5.76. The van der Waals surface area contributed by atoms with Gasteiger partial charge in [0.05, 0.1) is 0 Å². The second-order valence-electron chi connectivity index (χ2n) is 3.47. The Morgan fingerprint density at radius 1 is 1.00 bits per heavy atom. The van der Waals surface area contributed by atoms with E-state index in [0.29, 0.717) is 6.42 Å². The molecule has 1 N–H and O–H groups in total. The molecule has 0 heterocycles. The molecule has 0 rings (SSSR count). The third kappa shape index (κ3) is 4.38. The van der Waals surface area contributed by atoms with Crippen LogP contribution in [-0.2, 0) is 10.0 Å². The highest BCUT2D eigenvalue weighted by Gasteiger charge is 2.67. The van der Waals surface area contributed by atoms with Gasteiger partial charge in [-0.2, -0.15) is 22.0 Å². The molecule has 0 saturated carbocycles. The van der Waals surface area contributed by atoms with E-state index in [2.05, 4.69) is 0 Å². The van der Waals surface area contributed by atoms with Crippen molar-refractivity contribution in [3.8, 4) is 0 Å². The number of sulfonamides is 1. The molecule has 9 heteroatoms. The second kappa shape index (κ2) is 5.94. The van der Waals surface area contributed by atoms with Crippen LogP contribution in [0, 0.1) is 0 Å². The number of alkyl halides is 5. The van der Waals surface area contributed by atoms with Gasteiger partial charge in [0, 0.05) is 6.54 Å². The number of unbranched alkanes of at least 4 members (excludes halogenated alkanes) is 3. The van der Waals surface area contributed by atoms with Crippen molar-refractivity contribution in [1.82, 2.24) is 4.72 Å². The zero-order valence-electron chi connectivity index (χ0n) is 9.15. The van der Waals surface area contributed by atoms with Crippen LogP contribution >= 0.6 is 0 Å². The molecule has 0 aromatic carbocycles. The van der Waals surface area contributed by atoms with E-state index < -0.39 is 28.0 Å². The zero-order chi connectivity index (χ0) is 13.7. The summed E-state index contributed by atoms with van der Waals surface area (Å²) in [6.07, 6.45) is -3.72. The van der Waals surface area contributed by atoms with Crippen LogP contribution in [-0.4, -0.2) is 26.4 Å². The standard InChI is InChI=1S/C8H14F5NO2S/c1-2-3-4-5-6-14-17(15,16)8(12,13)7(9,10)11/h14H,2-6H2,1H3. The lowest BCUT2D eigenvalue weighted by molar-refractivity contribution is -0.241. The Morgan fingerprint density at radius 3 is 1.94 bits per heavy atom. The topological polar surface area (TPSA) is 46.2 Å². The molecule has 0 amide bonds. The van der Waals surface area contributed by atoms with Crippen LogP contribution in [0.15, 0.2) is 0 Å². The molecule has 0 bridgehead atoms. The summed E-state index contributed by atoms with van der Waals surface area (Å²) in [5.74, 6) is 0. The molecule has 0 fully saturated rings. The molecule has 0 aromatic rings. The Morgan fingerprint density at radius 2 is 1.53 bits per heavy atom. The van der Waals surface area contributed by atoms with Gasteiger partial charge in [-0.05, 0) is 6.42 Å². The average Bonchev–Trinajstić information content (AvgIpc) is 2.15. The fourth-order valence-corrected chi connectivity index (χ4v) is 1.90. The van der Waals surface area contributed by atoms with Crippen molar-refractivity contribution < 1.29 is 30.4 Å². The molecule has 0 aliphatic carbocycles. The maximum absolute atomic E-state index is 12.5. The second-order valence-corrected chi connectivity index (χ2v) is 5.28. The lowest BCUT2D eigenvalue weighted by Gasteiger charge is -2.19. The number of nitrogens with one attached hydrogen (secondary N) is 1. The van der Waals surface area contributed by atoms with Crippen molar-refractivity contribution in [2.45, 2.75) is 44.0 Å². The molecule has 0 saturated heterocycles. The van der Waals surface area contributed by atoms with Gasteiger partial charge in [-0.1, -0.05) is 26.2 Å². The molecule has 0 spiro atoms. The van der Waals surface area contributed by atoms with Crippen molar-refractivity contribution >= 4 is 10.0 Å². The molecular formula is C8H14F5NO2S. The number of hydrogen-bond acceptors (Lipinski definition) is 2. The van der Waals surface area contributed by atoms with E-state index in [4.69, 9.17) is 0 Å². The van der Waals surface area contributed by atoms with Crippen molar-refractivity contribution in [2.75, 3.05) is 6.54 Å². The largest absolute Gasteiger partial charge is 0.470 e. The lowest BCUT2D eigenvalue weighted by Crippen LogP contribution is -2.50. The van der Waals surface area contributed by atoms with Gasteiger partial charge in [0.25, 0.3) is 10.0 Å². The van der Waals surface area contributed by atoms with Crippen LogP contribution in [0.2, 0.25) is 0 Å². The SMILES string of the molecule is CCCCCCNS(=O)(=O)C(F)(F)C(F)(F)F. The summed E-state index contributed by atoms with van der Waals surface area (Å²) in [7, 11) is -5.71. The number of rotatable bonds is 7. The molecule has 0 aromatic heterocycles. The molecule has 104 valence electrons. The van der Waals surface area contributed by atoms with Gasteiger partial charge >= 0.3 is 11.4 Å². The van der Waals surface area contributed by atoms with Crippen LogP contribution in [0.4, 0.5) is 22.0 Å². The number of hydrogen-bond donors (Lipinski definition) is 1. The van der Waals surface area contributed by atoms with E-state index in [1.165, 1.54) is 4.72 Å². The summed E-state index contributed by atoms with van der Waals surface area (Å²) in [4.78, 5) is 0. The molecule has 0 atom stereocenters. The average molecular weight is 283 g/mol. The van der Waals surface area contributed by atoms with E-state index in [1.807, 2.05) is 6.92 Å². The van der Waals surface area contributed by atoms with E-state index in [9.17, 15) is 30.4 Å². The van der Waals surface area contributed by atoms with Gasteiger partial charge in [0.1, 0.15) is 0 Å². The van der Waals surface area contributed by atoms with Gasteiger partial charge in [-0.25, -0.2) is 13.1 Å². The Labute approximate surface area is 96.4 Å². The minimum Gasteiger partial charge on any atom is -0.210 e. The van der Waals surface area contributed by atoms with E-state index in [-0.39, 0.29) is 6.42 Å². The Hall–Kier alpha value is -0.440. The third-order valence-corrected chi connectivity index (χ3v) is 3.48. The number of halogens is 5. The molecular weight excluding hydrogens is 269 g/mol. The van der Waals surface area contributed by atoms with Gasteiger partial charge in [-0.3, -0.25) is 0 Å². The van der Waals surface area contributed by atoms with Gasteiger partial charge in [0.15, 0.2) is 0 Å². The van der Waals surface area contributed by atoms with Crippen molar-refractivity contribution in [3.63, 3.8) is 0 Å². The lowest BCUT2D eigenvalue weighted by atomic mass is 10.2. The minimum atomic E-state index is -6.11. The maximum atomic E-state index is 12.5. The van der Waals surface area contributed by atoms with Gasteiger partial charge in [0.2, 0.25) is 0 Å². The van der Waals surface area contributed by atoms with Gasteiger partial charge < -0.3 is 0 Å². The van der Waals surface area contributed by atoms with Crippen LogP contribution in [0.1, 0.15) is 32.6 Å². The predicted molar refractivity (Wildman–Crippen MR) is 52.1 cm³/mol. The van der Waals surface area contributed by atoms with E-state index >= 15 is 0 Å². The van der Waals surface area contributed by atoms with Crippen molar-refractivity contribution in [3.05, 3.63) is 0 Å². The zero-order valence-corrected chi connectivity index (χ0v) is 9.97. The Bertz CT molecular complexity index is 325. The first kappa shape index (κ1) is 16.6. The molecule has 0 aliphatic heterocycles. The molecule has 0 unspecified atom stereocenters. The summed E-state index contributed by atoms with van der Waals surface area (Å²) >= 11 is 0. The van der Waals surface area contributed by atoms with E-state index in [1.54, 1.807) is 0 Å². The smallest absolute Gasteiger partial charge is 0.210 e. The summed E-state index contributed by atoms with van der Waals surface area (Å²) in [6.45, 7) is 1.45. The highest BCUT2D eigenvalue weighted by Crippen LogP contribution is 2.39. The summed E-state index contributed by atoms with van der Waals surface area (Å²) in [5.41, 5.74) is 0. The predicted octanol–water partition coefficient (Wildman–Crippen LogP) is 2.64. The van der Waals surface area contributed by atoms with Crippen LogP contribution in [0.25, 0.3) is 0 Å². The van der Waals surface area contributed by atoms with Crippen LogP contribution < -0.4 is 4.72 Å². The van der Waals surface area contributed by atoms with Crippen LogP contribution in [0.3, 0.4) is 0 Å².